The highest BCUT2D eigenvalue weighted by atomic mass is 16.5. The van der Waals surface area contributed by atoms with Crippen LogP contribution in [-0.4, -0.2) is 50.5 Å². The minimum atomic E-state index is 0.0715. The number of rotatable bonds is 6. The average Bonchev–Trinajstić information content (AvgIpc) is 3.37. The van der Waals surface area contributed by atoms with Crippen LogP contribution in [0.5, 0.6) is 0 Å². The van der Waals surface area contributed by atoms with Gasteiger partial charge in [-0.15, -0.1) is 5.10 Å². The fourth-order valence-electron chi connectivity index (χ4n) is 3.37. The Hall–Kier alpha value is -2.28. The van der Waals surface area contributed by atoms with Crippen LogP contribution in [0.15, 0.2) is 24.4 Å². The van der Waals surface area contributed by atoms with Gasteiger partial charge in [-0.2, -0.15) is 0 Å². The minimum absolute atomic E-state index is 0.0715. The topological polar surface area (TPSA) is 73.1 Å². The van der Waals surface area contributed by atoms with Crippen LogP contribution in [0, 0.1) is 5.92 Å². The van der Waals surface area contributed by atoms with Crippen LogP contribution in [0.25, 0.3) is 0 Å². The smallest absolute Gasteiger partial charge is 0.228 e. The van der Waals surface area contributed by atoms with Crippen molar-refractivity contribution in [3.05, 3.63) is 41.5 Å². The molecular weight excluding hydrogens is 318 g/mol. The highest BCUT2D eigenvalue weighted by Gasteiger charge is 2.33. The zero-order valence-corrected chi connectivity index (χ0v) is 14.5. The SMILES string of the molecule is Cn1nnc2c1[C@H](COCC1CC1)CN(C(=O)Cc1ccccn1)C2. The van der Waals surface area contributed by atoms with Crippen molar-refractivity contribution in [2.24, 2.45) is 13.0 Å². The molecule has 132 valence electrons. The Labute approximate surface area is 147 Å². The molecule has 0 saturated heterocycles. The number of fused-ring (bicyclic) bond motifs is 1. The molecule has 0 radical (unpaired) electrons. The van der Waals surface area contributed by atoms with E-state index in [4.69, 9.17) is 4.74 Å². The number of nitrogens with zero attached hydrogens (tertiary/aromatic N) is 5. The molecule has 1 amide bonds. The maximum Gasteiger partial charge on any atom is 0.228 e. The van der Waals surface area contributed by atoms with Gasteiger partial charge in [0.15, 0.2) is 0 Å². The number of amides is 1. The lowest BCUT2D eigenvalue weighted by molar-refractivity contribution is -0.132. The van der Waals surface area contributed by atoms with Gasteiger partial charge >= 0.3 is 0 Å². The number of aryl methyl sites for hydroxylation is 1. The van der Waals surface area contributed by atoms with E-state index in [0.29, 0.717) is 26.1 Å². The lowest BCUT2D eigenvalue weighted by Crippen LogP contribution is -2.41. The van der Waals surface area contributed by atoms with Crippen molar-refractivity contribution in [3.8, 4) is 0 Å². The van der Waals surface area contributed by atoms with E-state index in [2.05, 4.69) is 15.3 Å². The third-order valence-corrected chi connectivity index (χ3v) is 4.89. The van der Waals surface area contributed by atoms with Crippen molar-refractivity contribution in [2.45, 2.75) is 31.7 Å². The number of aromatic nitrogens is 4. The number of carbonyl (C=O) groups is 1. The molecule has 0 spiro atoms. The van der Waals surface area contributed by atoms with E-state index in [1.54, 1.807) is 6.20 Å². The van der Waals surface area contributed by atoms with E-state index >= 15 is 0 Å². The minimum Gasteiger partial charge on any atom is -0.380 e. The third-order valence-electron chi connectivity index (χ3n) is 4.89. The van der Waals surface area contributed by atoms with Crippen molar-refractivity contribution in [2.75, 3.05) is 19.8 Å². The van der Waals surface area contributed by atoms with Crippen LogP contribution < -0.4 is 0 Å². The van der Waals surface area contributed by atoms with E-state index in [1.165, 1.54) is 12.8 Å². The van der Waals surface area contributed by atoms with Gasteiger partial charge in [0, 0.05) is 38.0 Å². The van der Waals surface area contributed by atoms with Gasteiger partial charge in [-0.1, -0.05) is 11.3 Å². The summed E-state index contributed by atoms with van der Waals surface area (Å²) < 4.78 is 7.73. The molecule has 0 N–H and O–H groups in total. The Kier molecular flexibility index (Phi) is 4.48. The van der Waals surface area contributed by atoms with Gasteiger partial charge in [-0.05, 0) is 30.9 Å². The van der Waals surface area contributed by atoms with Crippen LogP contribution in [-0.2, 0) is 29.5 Å². The monoisotopic (exact) mass is 341 g/mol. The molecular formula is C18H23N5O2. The second-order valence-electron chi connectivity index (χ2n) is 6.99. The van der Waals surface area contributed by atoms with Crippen LogP contribution in [0.1, 0.15) is 35.8 Å². The van der Waals surface area contributed by atoms with Crippen molar-refractivity contribution < 1.29 is 9.53 Å². The molecule has 1 aliphatic heterocycles. The van der Waals surface area contributed by atoms with E-state index in [1.807, 2.05) is 34.8 Å². The summed E-state index contributed by atoms with van der Waals surface area (Å²) in [5, 5.41) is 8.39. The standard InChI is InChI=1S/C18H23N5O2/c1-22-18-14(12-25-11-13-5-6-13)9-23(10-16(18)20-21-22)17(24)8-15-4-2-3-7-19-15/h2-4,7,13-14H,5-6,8-12H2,1H3/t14-/m0/s1. The number of hydrogen-bond donors (Lipinski definition) is 0. The fourth-order valence-corrected chi connectivity index (χ4v) is 3.37. The summed E-state index contributed by atoms with van der Waals surface area (Å²) in [6, 6.07) is 5.64. The lowest BCUT2D eigenvalue weighted by atomic mass is 9.98. The Bertz CT molecular complexity index is 741. The number of ether oxygens (including phenoxy) is 1. The molecule has 1 aliphatic carbocycles. The predicted octanol–water partition coefficient (Wildman–Crippen LogP) is 1.31. The quantitative estimate of drug-likeness (QED) is 0.792. The van der Waals surface area contributed by atoms with Crippen LogP contribution in [0.4, 0.5) is 0 Å². The summed E-state index contributed by atoms with van der Waals surface area (Å²) in [4.78, 5) is 18.8. The van der Waals surface area contributed by atoms with Gasteiger partial charge in [-0.3, -0.25) is 14.5 Å². The molecule has 2 aromatic rings. The molecule has 1 fully saturated rings. The number of pyridine rings is 1. The summed E-state index contributed by atoms with van der Waals surface area (Å²) in [7, 11) is 1.91. The number of hydrogen-bond acceptors (Lipinski definition) is 5. The summed E-state index contributed by atoms with van der Waals surface area (Å²) in [6.45, 7) is 2.58. The molecule has 0 bridgehead atoms. The van der Waals surface area contributed by atoms with Gasteiger partial charge in [0.1, 0.15) is 5.69 Å². The van der Waals surface area contributed by atoms with E-state index in [9.17, 15) is 4.79 Å². The molecule has 7 nitrogen and oxygen atoms in total. The first-order valence-electron chi connectivity index (χ1n) is 8.84. The second kappa shape index (κ2) is 6.92. The average molecular weight is 341 g/mol. The van der Waals surface area contributed by atoms with Crippen LogP contribution in [0.3, 0.4) is 0 Å². The maximum absolute atomic E-state index is 12.7. The van der Waals surface area contributed by atoms with Gasteiger partial charge < -0.3 is 9.64 Å². The fraction of sp³-hybridized carbons (Fsp3) is 0.556. The molecule has 25 heavy (non-hydrogen) atoms. The Balaban J connectivity index is 1.45. The predicted molar refractivity (Wildman–Crippen MR) is 90.6 cm³/mol. The number of carbonyl (C=O) groups excluding carboxylic acids is 1. The molecule has 0 aromatic carbocycles. The summed E-state index contributed by atoms with van der Waals surface area (Å²) in [5.41, 5.74) is 2.76. The van der Waals surface area contributed by atoms with Crippen molar-refractivity contribution in [1.29, 1.82) is 0 Å². The van der Waals surface area contributed by atoms with Crippen LogP contribution in [0.2, 0.25) is 0 Å². The largest absolute Gasteiger partial charge is 0.380 e. The summed E-state index contributed by atoms with van der Waals surface area (Å²) in [6.07, 6.45) is 4.58. The molecule has 2 aliphatic rings. The summed E-state index contributed by atoms with van der Waals surface area (Å²) in [5.74, 6) is 0.923. The molecule has 1 atom stereocenters. The van der Waals surface area contributed by atoms with Crippen molar-refractivity contribution in [3.63, 3.8) is 0 Å². The van der Waals surface area contributed by atoms with Gasteiger partial charge in [0.25, 0.3) is 0 Å². The highest BCUT2D eigenvalue weighted by molar-refractivity contribution is 5.78. The molecule has 3 heterocycles. The van der Waals surface area contributed by atoms with Gasteiger partial charge in [0.2, 0.25) is 5.91 Å². The second-order valence-corrected chi connectivity index (χ2v) is 6.99. The Morgan fingerprint density at radius 2 is 2.20 bits per heavy atom. The van der Waals surface area contributed by atoms with Crippen molar-refractivity contribution in [1.82, 2.24) is 24.9 Å². The zero-order valence-electron chi connectivity index (χ0n) is 14.5. The maximum atomic E-state index is 12.7. The normalized spacial score (nSPS) is 19.7. The van der Waals surface area contributed by atoms with Gasteiger partial charge in [-0.25, -0.2) is 0 Å². The first kappa shape index (κ1) is 16.2. The molecule has 4 rings (SSSR count). The van der Waals surface area contributed by atoms with E-state index < -0.39 is 0 Å². The molecule has 0 unspecified atom stereocenters. The zero-order chi connectivity index (χ0) is 17.2. The highest BCUT2D eigenvalue weighted by Crippen LogP contribution is 2.31. The van der Waals surface area contributed by atoms with E-state index in [0.717, 1.165) is 29.6 Å². The third kappa shape index (κ3) is 3.71. The Morgan fingerprint density at radius 3 is 2.96 bits per heavy atom. The first-order chi connectivity index (χ1) is 12.2. The lowest BCUT2D eigenvalue weighted by Gasteiger charge is -2.32. The first-order valence-corrected chi connectivity index (χ1v) is 8.84. The van der Waals surface area contributed by atoms with Gasteiger partial charge in [0.05, 0.1) is 25.3 Å². The summed E-state index contributed by atoms with van der Waals surface area (Å²) >= 11 is 0. The molecule has 2 aromatic heterocycles. The Morgan fingerprint density at radius 1 is 1.32 bits per heavy atom. The van der Waals surface area contributed by atoms with E-state index in [-0.39, 0.29) is 11.8 Å². The molecule has 1 saturated carbocycles. The van der Waals surface area contributed by atoms with Crippen LogP contribution >= 0.6 is 0 Å². The molecule has 7 heteroatoms. The van der Waals surface area contributed by atoms with Crippen molar-refractivity contribution >= 4 is 5.91 Å².